The molecule has 0 radical (unpaired) electrons. The molecule has 0 bridgehead atoms. The second-order valence-electron chi connectivity index (χ2n) is 4.45. The van der Waals surface area contributed by atoms with Crippen LogP contribution in [0.15, 0.2) is 40.7 Å². The first-order chi connectivity index (χ1) is 9.70. The molecule has 0 aliphatic carbocycles. The lowest BCUT2D eigenvalue weighted by Crippen LogP contribution is -1.97. The van der Waals surface area contributed by atoms with E-state index in [2.05, 4.69) is 0 Å². The highest BCUT2D eigenvalue weighted by Crippen LogP contribution is 2.39. The molecule has 0 fully saturated rings. The van der Waals surface area contributed by atoms with Crippen molar-refractivity contribution in [2.24, 2.45) is 0 Å². The summed E-state index contributed by atoms with van der Waals surface area (Å²) in [7, 11) is 0. The van der Waals surface area contributed by atoms with Gasteiger partial charge in [-0.15, -0.1) is 0 Å². The van der Waals surface area contributed by atoms with Crippen LogP contribution in [0.3, 0.4) is 0 Å². The second-order valence-corrected chi connectivity index (χ2v) is 4.45. The van der Waals surface area contributed by atoms with Crippen LogP contribution in [-0.4, -0.2) is 12.4 Å². The molecule has 1 aromatic carbocycles. The maximum atomic E-state index is 12.3. The quantitative estimate of drug-likeness (QED) is 0.799. The molecule has 0 N–H and O–H groups in total. The number of fused-ring (bicyclic) bond motifs is 1. The summed E-state index contributed by atoms with van der Waals surface area (Å²) >= 11 is 0. The van der Waals surface area contributed by atoms with E-state index < -0.39 is 0 Å². The predicted octanol–water partition coefficient (Wildman–Crippen LogP) is 3.60. The molecule has 2 heterocycles. The van der Waals surface area contributed by atoms with Gasteiger partial charge in [0, 0.05) is 11.6 Å². The third-order valence-electron chi connectivity index (χ3n) is 3.15. The Labute approximate surface area is 116 Å². The van der Waals surface area contributed by atoms with E-state index in [9.17, 15) is 4.79 Å². The number of carbonyl (C=O) groups is 1. The van der Waals surface area contributed by atoms with Crippen molar-refractivity contribution in [2.75, 3.05) is 6.61 Å². The zero-order chi connectivity index (χ0) is 14.1. The molecule has 0 spiro atoms. The summed E-state index contributed by atoms with van der Waals surface area (Å²) in [4.78, 5) is 12.3. The Bertz CT molecular complexity index is 681. The van der Waals surface area contributed by atoms with E-state index in [1.54, 1.807) is 36.6 Å². The minimum Gasteiger partial charge on any atom is -0.493 e. The standard InChI is InChI=1S/C16H14O4/c1-3-18-13-7-6-12-15(17)14(20-16(12)10(13)2)9-11-5-4-8-19-11/h4-9H,3H2,1-2H3/b14-9-. The van der Waals surface area contributed by atoms with E-state index in [-0.39, 0.29) is 11.5 Å². The van der Waals surface area contributed by atoms with Crippen LogP contribution in [-0.2, 0) is 0 Å². The van der Waals surface area contributed by atoms with Crippen LogP contribution >= 0.6 is 0 Å². The lowest BCUT2D eigenvalue weighted by Gasteiger charge is -2.09. The molecule has 0 atom stereocenters. The van der Waals surface area contributed by atoms with Gasteiger partial charge in [0.25, 0.3) is 0 Å². The summed E-state index contributed by atoms with van der Waals surface area (Å²) in [6.45, 7) is 4.37. The number of Topliss-reactive ketones (excluding diaryl/α,β-unsaturated/α-hetero) is 1. The smallest absolute Gasteiger partial charge is 0.232 e. The normalized spacial score (nSPS) is 15.3. The van der Waals surface area contributed by atoms with Gasteiger partial charge in [-0.3, -0.25) is 4.79 Å². The summed E-state index contributed by atoms with van der Waals surface area (Å²) in [5, 5.41) is 0. The van der Waals surface area contributed by atoms with Crippen molar-refractivity contribution in [1.29, 1.82) is 0 Å². The topological polar surface area (TPSA) is 48.7 Å². The average Bonchev–Trinajstić information content (AvgIpc) is 3.04. The van der Waals surface area contributed by atoms with Gasteiger partial charge in [0.2, 0.25) is 5.78 Å². The van der Waals surface area contributed by atoms with E-state index >= 15 is 0 Å². The van der Waals surface area contributed by atoms with Crippen LogP contribution in [0.1, 0.15) is 28.6 Å². The van der Waals surface area contributed by atoms with Gasteiger partial charge in [-0.2, -0.15) is 0 Å². The Hall–Kier alpha value is -2.49. The Morgan fingerprint density at radius 2 is 2.15 bits per heavy atom. The zero-order valence-corrected chi connectivity index (χ0v) is 11.3. The van der Waals surface area contributed by atoms with Crippen molar-refractivity contribution in [3.63, 3.8) is 0 Å². The third-order valence-corrected chi connectivity index (χ3v) is 3.15. The van der Waals surface area contributed by atoms with Crippen molar-refractivity contribution in [3.05, 3.63) is 53.2 Å². The molecule has 1 aliphatic rings. The van der Waals surface area contributed by atoms with Crippen LogP contribution in [0.25, 0.3) is 6.08 Å². The number of furan rings is 1. The van der Waals surface area contributed by atoms with Gasteiger partial charge < -0.3 is 13.9 Å². The molecule has 0 saturated carbocycles. The van der Waals surface area contributed by atoms with Crippen LogP contribution in [0.5, 0.6) is 11.5 Å². The highest BCUT2D eigenvalue weighted by atomic mass is 16.5. The summed E-state index contributed by atoms with van der Waals surface area (Å²) in [5.41, 5.74) is 1.39. The number of hydrogen-bond donors (Lipinski definition) is 0. The Balaban J connectivity index is 2.00. The van der Waals surface area contributed by atoms with Crippen molar-refractivity contribution in [1.82, 2.24) is 0 Å². The number of benzene rings is 1. The van der Waals surface area contributed by atoms with Crippen LogP contribution < -0.4 is 9.47 Å². The van der Waals surface area contributed by atoms with Gasteiger partial charge >= 0.3 is 0 Å². The molecular formula is C16H14O4. The molecule has 4 nitrogen and oxygen atoms in total. The second kappa shape index (κ2) is 4.89. The molecule has 1 aliphatic heterocycles. The summed E-state index contributed by atoms with van der Waals surface area (Å²) in [5.74, 6) is 2.02. The van der Waals surface area contributed by atoms with Gasteiger partial charge in [-0.25, -0.2) is 0 Å². The summed E-state index contributed by atoms with van der Waals surface area (Å²) in [6, 6.07) is 7.07. The van der Waals surface area contributed by atoms with Crippen molar-refractivity contribution in [3.8, 4) is 11.5 Å². The Morgan fingerprint density at radius 1 is 1.30 bits per heavy atom. The van der Waals surface area contributed by atoms with E-state index in [4.69, 9.17) is 13.9 Å². The minimum absolute atomic E-state index is 0.137. The van der Waals surface area contributed by atoms with Crippen LogP contribution in [0.2, 0.25) is 0 Å². The van der Waals surface area contributed by atoms with E-state index in [1.165, 1.54) is 0 Å². The minimum atomic E-state index is -0.137. The first kappa shape index (κ1) is 12.5. The number of ether oxygens (including phenoxy) is 2. The largest absolute Gasteiger partial charge is 0.493 e. The molecule has 0 amide bonds. The molecule has 3 rings (SSSR count). The van der Waals surface area contributed by atoms with Crippen LogP contribution in [0.4, 0.5) is 0 Å². The number of carbonyl (C=O) groups excluding carboxylic acids is 1. The fraction of sp³-hybridized carbons (Fsp3) is 0.188. The molecule has 102 valence electrons. The Morgan fingerprint density at radius 3 is 2.85 bits per heavy atom. The summed E-state index contributed by atoms with van der Waals surface area (Å²) in [6.07, 6.45) is 3.15. The van der Waals surface area contributed by atoms with Crippen LogP contribution in [0, 0.1) is 6.92 Å². The number of hydrogen-bond acceptors (Lipinski definition) is 4. The van der Waals surface area contributed by atoms with Gasteiger partial charge in [0.15, 0.2) is 5.76 Å². The van der Waals surface area contributed by atoms with E-state index in [0.717, 1.165) is 11.3 Å². The molecular weight excluding hydrogens is 256 g/mol. The van der Waals surface area contributed by atoms with Crippen molar-refractivity contribution >= 4 is 11.9 Å². The van der Waals surface area contributed by atoms with Gasteiger partial charge in [-0.1, -0.05) is 0 Å². The maximum Gasteiger partial charge on any atom is 0.232 e. The fourth-order valence-electron chi connectivity index (χ4n) is 2.18. The number of rotatable bonds is 3. The molecule has 0 unspecified atom stereocenters. The predicted molar refractivity (Wildman–Crippen MR) is 74.0 cm³/mol. The SMILES string of the molecule is CCOc1ccc2c(c1C)O/C(=C\c1ccco1)C2=O. The van der Waals surface area contributed by atoms with Gasteiger partial charge in [-0.05, 0) is 38.1 Å². The fourth-order valence-corrected chi connectivity index (χ4v) is 2.18. The number of ketones is 1. The monoisotopic (exact) mass is 270 g/mol. The molecule has 2 aromatic rings. The maximum absolute atomic E-state index is 12.3. The van der Waals surface area contributed by atoms with E-state index in [1.807, 2.05) is 13.8 Å². The van der Waals surface area contributed by atoms with Gasteiger partial charge in [0.1, 0.15) is 17.3 Å². The molecule has 1 aromatic heterocycles. The first-order valence-electron chi connectivity index (χ1n) is 6.45. The lowest BCUT2D eigenvalue weighted by molar-refractivity contribution is 0.101. The van der Waals surface area contributed by atoms with E-state index in [0.29, 0.717) is 23.7 Å². The van der Waals surface area contributed by atoms with Crippen molar-refractivity contribution < 1.29 is 18.7 Å². The first-order valence-corrected chi connectivity index (χ1v) is 6.45. The molecule has 4 heteroatoms. The van der Waals surface area contributed by atoms with Crippen molar-refractivity contribution in [2.45, 2.75) is 13.8 Å². The lowest BCUT2D eigenvalue weighted by atomic mass is 10.1. The summed E-state index contributed by atoms with van der Waals surface area (Å²) < 4.78 is 16.4. The average molecular weight is 270 g/mol. The van der Waals surface area contributed by atoms with Gasteiger partial charge in [0.05, 0.1) is 18.4 Å². The third kappa shape index (κ3) is 1.99. The molecule has 0 saturated heterocycles. The highest BCUT2D eigenvalue weighted by Gasteiger charge is 2.30. The zero-order valence-electron chi connectivity index (χ0n) is 11.3. The highest BCUT2D eigenvalue weighted by molar-refractivity contribution is 6.14. The Kier molecular flexibility index (Phi) is 3.06. The molecule has 20 heavy (non-hydrogen) atoms. The number of allylic oxidation sites excluding steroid dienone is 1.